The predicted octanol–water partition coefficient (Wildman–Crippen LogP) is 4.91. The number of benzene rings is 2. The smallest absolute Gasteiger partial charge is 0.227 e. The zero-order chi connectivity index (χ0) is 17.9. The highest BCUT2D eigenvalue weighted by Crippen LogP contribution is 2.32. The highest BCUT2D eigenvalue weighted by atomic mass is 19.1. The maximum atomic E-state index is 13.1. The topological polar surface area (TPSA) is 32.3 Å². The van der Waals surface area contributed by atoms with Gasteiger partial charge in [-0.1, -0.05) is 31.4 Å². The maximum Gasteiger partial charge on any atom is 0.227 e. The van der Waals surface area contributed by atoms with Crippen molar-refractivity contribution in [3.8, 4) is 0 Å². The molecule has 1 saturated carbocycles. The van der Waals surface area contributed by atoms with Crippen LogP contribution in [0.15, 0.2) is 42.5 Å². The normalized spacial score (nSPS) is 17.2. The van der Waals surface area contributed by atoms with Crippen LogP contribution in [0.5, 0.6) is 0 Å². The second-order valence-corrected chi connectivity index (χ2v) is 7.47. The van der Waals surface area contributed by atoms with Crippen molar-refractivity contribution in [2.24, 2.45) is 5.92 Å². The van der Waals surface area contributed by atoms with Gasteiger partial charge in [0.2, 0.25) is 5.91 Å². The second kappa shape index (κ2) is 7.48. The summed E-state index contributed by atoms with van der Waals surface area (Å²) in [6, 6.07) is 12.9. The molecule has 1 aliphatic heterocycles. The zero-order valence-corrected chi connectivity index (χ0v) is 15.0. The third-order valence-corrected chi connectivity index (χ3v) is 5.60. The molecule has 26 heavy (non-hydrogen) atoms. The fourth-order valence-electron chi connectivity index (χ4n) is 4.13. The molecule has 136 valence electrons. The molecule has 0 saturated heterocycles. The molecule has 1 N–H and O–H groups in total. The highest BCUT2D eigenvalue weighted by Gasteiger charge is 2.23. The lowest BCUT2D eigenvalue weighted by Crippen LogP contribution is -2.24. The van der Waals surface area contributed by atoms with Crippen molar-refractivity contribution in [3.05, 3.63) is 59.4 Å². The van der Waals surface area contributed by atoms with Crippen molar-refractivity contribution in [1.82, 2.24) is 0 Å². The van der Waals surface area contributed by atoms with E-state index in [2.05, 4.69) is 22.3 Å². The maximum absolute atomic E-state index is 13.1. The van der Waals surface area contributed by atoms with E-state index >= 15 is 0 Å². The Bertz CT molecular complexity index is 781. The molecule has 0 bridgehead atoms. The number of hydrogen-bond donors (Lipinski definition) is 1. The van der Waals surface area contributed by atoms with Gasteiger partial charge in [-0.2, -0.15) is 0 Å². The fraction of sp³-hybridized carbons (Fsp3) is 0.409. The summed E-state index contributed by atoms with van der Waals surface area (Å²) in [7, 11) is 0. The molecule has 1 aliphatic carbocycles. The first-order chi connectivity index (χ1) is 12.7. The molecule has 4 rings (SSSR count). The van der Waals surface area contributed by atoms with Gasteiger partial charge in [-0.25, -0.2) is 4.39 Å². The number of rotatable bonds is 4. The second-order valence-electron chi connectivity index (χ2n) is 7.47. The van der Waals surface area contributed by atoms with Crippen LogP contribution in [0.25, 0.3) is 0 Å². The van der Waals surface area contributed by atoms with E-state index in [0.29, 0.717) is 0 Å². The van der Waals surface area contributed by atoms with E-state index in [1.807, 2.05) is 18.2 Å². The van der Waals surface area contributed by atoms with E-state index in [1.54, 1.807) is 0 Å². The Hall–Kier alpha value is -2.36. The Balaban J connectivity index is 1.42. The minimum Gasteiger partial charge on any atom is -0.367 e. The van der Waals surface area contributed by atoms with E-state index in [9.17, 15) is 9.18 Å². The molecule has 0 aromatic heterocycles. The Morgan fingerprint density at radius 2 is 1.85 bits per heavy atom. The van der Waals surface area contributed by atoms with Crippen molar-refractivity contribution < 1.29 is 9.18 Å². The fourth-order valence-corrected chi connectivity index (χ4v) is 4.13. The third kappa shape index (κ3) is 3.74. The Morgan fingerprint density at radius 1 is 1.08 bits per heavy atom. The third-order valence-electron chi connectivity index (χ3n) is 5.60. The van der Waals surface area contributed by atoms with Crippen LogP contribution < -0.4 is 10.2 Å². The van der Waals surface area contributed by atoms with E-state index in [4.69, 9.17) is 0 Å². The van der Waals surface area contributed by atoms with Gasteiger partial charge in [0.05, 0.1) is 0 Å². The van der Waals surface area contributed by atoms with E-state index in [0.717, 1.165) is 43.6 Å². The number of nitrogens with one attached hydrogen (secondary N) is 1. The molecular weight excluding hydrogens is 327 g/mol. The van der Waals surface area contributed by atoms with Gasteiger partial charge in [0.15, 0.2) is 0 Å². The molecule has 0 unspecified atom stereocenters. The molecular formula is C22H25FN2O. The number of carbonyl (C=O) groups excluding carboxylic acids is 1. The van der Waals surface area contributed by atoms with E-state index < -0.39 is 0 Å². The van der Waals surface area contributed by atoms with Gasteiger partial charge in [0.1, 0.15) is 5.82 Å². The molecule has 4 heteroatoms. The molecule has 3 nitrogen and oxygen atoms in total. The Labute approximate surface area is 154 Å². The van der Waals surface area contributed by atoms with Gasteiger partial charge in [-0.05, 0) is 60.7 Å². The molecule has 1 fully saturated rings. The van der Waals surface area contributed by atoms with Crippen LogP contribution in [0.1, 0.15) is 43.2 Å². The Morgan fingerprint density at radius 3 is 2.62 bits per heavy atom. The molecule has 0 atom stereocenters. The van der Waals surface area contributed by atoms with Crippen LogP contribution >= 0.6 is 0 Å². The minimum atomic E-state index is -0.200. The van der Waals surface area contributed by atoms with Gasteiger partial charge in [-0.15, -0.1) is 0 Å². The monoisotopic (exact) mass is 352 g/mol. The number of fused-ring (bicyclic) bond motifs is 1. The molecule has 2 aliphatic rings. The molecule has 0 spiro atoms. The molecule has 1 heterocycles. The lowest BCUT2D eigenvalue weighted by molar-refractivity contribution is -0.120. The van der Waals surface area contributed by atoms with Gasteiger partial charge in [0.25, 0.3) is 0 Å². The van der Waals surface area contributed by atoms with Crippen LogP contribution in [-0.2, 0) is 17.8 Å². The molecule has 2 aromatic carbocycles. The molecule has 0 radical (unpaired) electrons. The summed E-state index contributed by atoms with van der Waals surface area (Å²) in [4.78, 5) is 14.8. The van der Waals surface area contributed by atoms with E-state index in [1.165, 1.54) is 42.6 Å². The largest absolute Gasteiger partial charge is 0.367 e. The lowest BCUT2D eigenvalue weighted by Gasteiger charge is -2.22. The summed E-state index contributed by atoms with van der Waals surface area (Å²) in [5.74, 6) is 0.145. The summed E-state index contributed by atoms with van der Waals surface area (Å²) in [5.41, 5.74) is 4.50. The van der Waals surface area contributed by atoms with Gasteiger partial charge >= 0.3 is 0 Å². The standard InChI is InChI=1S/C22H25FN2O/c23-19-8-6-16(7-9-19)15-25-13-12-18-14-20(10-11-21(18)25)24-22(26)17-4-2-1-3-5-17/h6-11,14,17H,1-5,12-13,15H2,(H,24,26). The number of amides is 1. The predicted molar refractivity (Wildman–Crippen MR) is 103 cm³/mol. The summed E-state index contributed by atoms with van der Waals surface area (Å²) >= 11 is 0. The summed E-state index contributed by atoms with van der Waals surface area (Å²) in [5, 5.41) is 3.11. The van der Waals surface area contributed by atoms with Gasteiger partial charge in [0, 0.05) is 30.4 Å². The first-order valence-electron chi connectivity index (χ1n) is 9.62. The SMILES string of the molecule is O=C(Nc1ccc2c(c1)CCN2Cc1ccc(F)cc1)C1CCCCC1. The summed E-state index contributed by atoms with van der Waals surface area (Å²) in [6.07, 6.45) is 6.60. The van der Waals surface area contributed by atoms with Crippen molar-refractivity contribution in [2.45, 2.75) is 45.1 Å². The number of nitrogens with zero attached hydrogens (tertiary/aromatic N) is 1. The zero-order valence-electron chi connectivity index (χ0n) is 15.0. The summed E-state index contributed by atoms with van der Waals surface area (Å²) in [6.45, 7) is 1.73. The van der Waals surface area contributed by atoms with Crippen molar-refractivity contribution in [1.29, 1.82) is 0 Å². The average molecular weight is 352 g/mol. The van der Waals surface area contributed by atoms with Crippen LogP contribution in [0, 0.1) is 11.7 Å². The minimum absolute atomic E-state index is 0.172. The first-order valence-corrected chi connectivity index (χ1v) is 9.62. The van der Waals surface area contributed by atoms with Gasteiger partial charge in [-0.3, -0.25) is 4.79 Å². The van der Waals surface area contributed by atoms with Crippen LogP contribution in [-0.4, -0.2) is 12.5 Å². The van der Waals surface area contributed by atoms with Gasteiger partial charge < -0.3 is 10.2 Å². The molecule has 2 aromatic rings. The summed E-state index contributed by atoms with van der Waals surface area (Å²) < 4.78 is 13.1. The van der Waals surface area contributed by atoms with Crippen molar-refractivity contribution in [2.75, 3.05) is 16.8 Å². The lowest BCUT2D eigenvalue weighted by atomic mass is 9.88. The number of hydrogen-bond acceptors (Lipinski definition) is 2. The molecule has 1 amide bonds. The quantitative estimate of drug-likeness (QED) is 0.848. The van der Waals surface area contributed by atoms with Crippen molar-refractivity contribution >= 4 is 17.3 Å². The Kier molecular flexibility index (Phi) is 4.91. The number of halogens is 1. The number of anilines is 2. The highest BCUT2D eigenvalue weighted by molar-refractivity contribution is 5.93. The van der Waals surface area contributed by atoms with Crippen molar-refractivity contribution in [3.63, 3.8) is 0 Å². The van der Waals surface area contributed by atoms with Crippen LogP contribution in [0.4, 0.5) is 15.8 Å². The average Bonchev–Trinajstić information content (AvgIpc) is 3.06. The first kappa shape index (κ1) is 17.1. The van der Waals surface area contributed by atoms with Crippen LogP contribution in [0.3, 0.4) is 0 Å². The number of carbonyl (C=O) groups is 1. The van der Waals surface area contributed by atoms with Crippen LogP contribution in [0.2, 0.25) is 0 Å². The van der Waals surface area contributed by atoms with E-state index in [-0.39, 0.29) is 17.6 Å².